The first-order chi connectivity index (χ1) is 16.3. The lowest BCUT2D eigenvalue weighted by Crippen LogP contribution is -2.17. The molecule has 4 aromatic rings. The summed E-state index contributed by atoms with van der Waals surface area (Å²) in [7, 11) is 1.60. The first-order valence-corrected chi connectivity index (χ1v) is 12.1. The fourth-order valence-corrected chi connectivity index (χ4v) is 4.90. The second-order valence-electron chi connectivity index (χ2n) is 7.44. The predicted octanol–water partition coefficient (Wildman–Crippen LogP) is 4.83. The predicted molar refractivity (Wildman–Crippen MR) is 131 cm³/mol. The maximum atomic E-state index is 12.8. The van der Waals surface area contributed by atoms with E-state index >= 15 is 0 Å². The van der Waals surface area contributed by atoms with Crippen molar-refractivity contribution in [3.8, 4) is 28.3 Å². The number of thioether (sulfide) groups is 1. The molecule has 0 aliphatic carbocycles. The van der Waals surface area contributed by atoms with Crippen LogP contribution < -0.4 is 10.1 Å². The van der Waals surface area contributed by atoms with Crippen LogP contribution in [0.15, 0.2) is 33.9 Å². The summed E-state index contributed by atoms with van der Waals surface area (Å²) >= 11 is 2.61. The zero-order valence-electron chi connectivity index (χ0n) is 19.3. The summed E-state index contributed by atoms with van der Waals surface area (Å²) < 4.78 is 12.8. The monoisotopic (exact) mass is 494 g/mol. The smallest absolute Gasteiger partial charge is 0.277 e. The summed E-state index contributed by atoms with van der Waals surface area (Å²) in [6.07, 6.45) is 0. The summed E-state index contributed by atoms with van der Waals surface area (Å²) in [5.74, 6) is 1.28. The Morgan fingerprint density at radius 2 is 1.97 bits per heavy atom. The van der Waals surface area contributed by atoms with Crippen molar-refractivity contribution in [2.75, 3.05) is 18.2 Å². The Kier molecular flexibility index (Phi) is 6.72. The van der Waals surface area contributed by atoms with Gasteiger partial charge in [-0.05, 0) is 57.5 Å². The minimum Gasteiger partial charge on any atom is -0.497 e. The van der Waals surface area contributed by atoms with Crippen molar-refractivity contribution >= 4 is 34.8 Å². The number of carbonyl (C=O) groups is 1. The van der Waals surface area contributed by atoms with E-state index in [0.717, 1.165) is 50.0 Å². The van der Waals surface area contributed by atoms with Crippen molar-refractivity contribution in [3.63, 3.8) is 0 Å². The van der Waals surface area contributed by atoms with Crippen LogP contribution in [0.3, 0.4) is 0 Å². The normalized spacial score (nSPS) is 10.8. The van der Waals surface area contributed by atoms with Gasteiger partial charge in [0.25, 0.3) is 11.1 Å². The number of amides is 1. The fraction of sp³-hybridized carbons (Fsp3) is 0.261. The van der Waals surface area contributed by atoms with Gasteiger partial charge in [-0.25, -0.2) is 4.98 Å². The van der Waals surface area contributed by atoms with Gasteiger partial charge in [0.1, 0.15) is 22.5 Å². The second-order valence-corrected chi connectivity index (χ2v) is 9.57. The van der Waals surface area contributed by atoms with Crippen LogP contribution in [0, 0.1) is 39.0 Å². The van der Waals surface area contributed by atoms with Crippen LogP contribution in [0.25, 0.3) is 16.5 Å². The molecule has 11 heteroatoms. The standard InChI is InChI=1S/C23H22N6O3S2/c1-12-14(3)29(16-6-8-17(31-5)9-7-16)21(18(12)10-24)26-19(30)11-33-23-28-27-22(32-23)20-13(2)25-15(4)34-20/h6-9H,11H2,1-5H3,(H,26,30). The molecule has 0 unspecified atom stereocenters. The summed E-state index contributed by atoms with van der Waals surface area (Å²) in [6, 6.07) is 9.62. The molecule has 0 aliphatic rings. The number of nitrogens with one attached hydrogen (secondary N) is 1. The molecule has 0 saturated carbocycles. The number of nitrogens with zero attached hydrogens (tertiary/aromatic N) is 5. The molecular formula is C23H22N6O3S2. The molecule has 0 fully saturated rings. The average molecular weight is 495 g/mol. The zero-order chi connectivity index (χ0) is 24.4. The fourth-order valence-electron chi connectivity index (χ4n) is 3.50. The van der Waals surface area contributed by atoms with Crippen molar-refractivity contribution in [3.05, 3.63) is 51.8 Å². The average Bonchev–Trinajstić information content (AvgIpc) is 3.49. The maximum absolute atomic E-state index is 12.8. The highest BCUT2D eigenvalue weighted by Crippen LogP contribution is 2.32. The molecule has 1 aromatic carbocycles. The van der Waals surface area contributed by atoms with E-state index in [2.05, 4.69) is 26.6 Å². The zero-order valence-corrected chi connectivity index (χ0v) is 20.9. The van der Waals surface area contributed by atoms with Crippen molar-refractivity contribution in [2.24, 2.45) is 0 Å². The van der Waals surface area contributed by atoms with E-state index in [1.165, 1.54) is 11.3 Å². The number of ether oxygens (including phenoxy) is 1. The number of nitriles is 1. The number of benzene rings is 1. The van der Waals surface area contributed by atoms with Crippen LogP contribution in [0.5, 0.6) is 5.75 Å². The molecular weight excluding hydrogens is 472 g/mol. The van der Waals surface area contributed by atoms with Gasteiger partial charge >= 0.3 is 0 Å². The molecule has 1 N–H and O–H groups in total. The van der Waals surface area contributed by atoms with Crippen LogP contribution in [-0.4, -0.2) is 38.5 Å². The largest absolute Gasteiger partial charge is 0.497 e. The molecule has 174 valence electrons. The number of methoxy groups -OCH3 is 1. The minimum absolute atomic E-state index is 0.0408. The van der Waals surface area contributed by atoms with Gasteiger partial charge in [0.05, 0.1) is 29.1 Å². The highest BCUT2D eigenvalue weighted by molar-refractivity contribution is 7.99. The van der Waals surface area contributed by atoms with Crippen LogP contribution in [0.1, 0.15) is 27.5 Å². The summed E-state index contributed by atoms with van der Waals surface area (Å²) in [4.78, 5) is 18.0. The number of rotatable bonds is 7. The molecule has 0 aliphatic heterocycles. The Morgan fingerprint density at radius 3 is 2.59 bits per heavy atom. The first kappa shape index (κ1) is 23.5. The van der Waals surface area contributed by atoms with Crippen LogP contribution in [0.2, 0.25) is 0 Å². The lowest BCUT2D eigenvalue weighted by Gasteiger charge is -2.13. The molecule has 0 saturated heterocycles. The molecule has 3 aromatic heterocycles. The van der Waals surface area contributed by atoms with E-state index in [-0.39, 0.29) is 16.9 Å². The SMILES string of the molecule is COc1ccc(-n2c(C)c(C)c(C#N)c2NC(=O)CSc2nnc(-c3sc(C)nc3C)o2)cc1. The van der Waals surface area contributed by atoms with Gasteiger partial charge in [-0.15, -0.1) is 21.5 Å². The van der Waals surface area contributed by atoms with Gasteiger partial charge in [0.15, 0.2) is 0 Å². The third-order valence-corrected chi connectivity index (χ3v) is 7.12. The molecule has 0 atom stereocenters. The molecule has 9 nitrogen and oxygen atoms in total. The summed E-state index contributed by atoms with van der Waals surface area (Å²) in [5, 5.41) is 21.9. The second kappa shape index (κ2) is 9.70. The molecule has 4 rings (SSSR count). The summed E-state index contributed by atoms with van der Waals surface area (Å²) in [5.41, 5.74) is 3.72. The minimum atomic E-state index is -0.293. The van der Waals surface area contributed by atoms with E-state index in [4.69, 9.17) is 9.15 Å². The van der Waals surface area contributed by atoms with Crippen LogP contribution >= 0.6 is 23.1 Å². The molecule has 34 heavy (non-hydrogen) atoms. The van der Waals surface area contributed by atoms with Crippen LogP contribution in [-0.2, 0) is 4.79 Å². The number of hydrogen-bond donors (Lipinski definition) is 1. The van der Waals surface area contributed by atoms with E-state index in [9.17, 15) is 10.1 Å². The third-order valence-electron chi connectivity index (χ3n) is 5.24. The number of aryl methyl sites for hydroxylation is 2. The number of thiazole rings is 1. The quantitative estimate of drug-likeness (QED) is 0.363. The third kappa shape index (κ3) is 4.55. The Balaban J connectivity index is 1.52. The Hall–Kier alpha value is -3.62. The number of anilines is 1. The van der Waals surface area contributed by atoms with Crippen molar-refractivity contribution in [2.45, 2.75) is 32.9 Å². The van der Waals surface area contributed by atoms with Crippen molar-refractivity contribution in [1.29, 1.82) is 5.26 Å². The van der Waals surface area contributed by atoms with Crippen LogP contribution in [0.4, 0.5) is 5.82 Å². The van der Waals surface area contributed by atoms with Crippen molar-refractivity contribution in [1.82, 2.24) is 19.7 Å². The lowest BCUT2D eigenvalue weighted by molar-refractivity contribution is -0.113. The van der Waals surface area contributed by atoms with Gasteiger partial charge in [-0.3, -0.25) is 9.36 Å². The Morgan fingerprint density at radius 1 is 1.24 bits per heavy atom. The molecule has 0 spiro atoms. The Labute approximate surface area is 204 Å². The molecule has 3 heterocycles. The van der Waals surface area contributed by atoms with E-state index < -0.39 is 0 Å². The van der Waals surface area contributed by atoms with Gasteiger partial charge < -0.3 is 14.5 Å². The van der Waals surface area contributed by atoms with Gasteiger partial charge in [0.2, 0.25) is 5.91 Å². The molecule has 1 amide bonds. The van der Waals surface area contributed by atoms with E-state index in [1.54, 1.807) is 7.11 Å². The van der Waals surface area contributed by atoms with E-state index in [1.807, 2.05) is 56.5 Å². The van der Waals surface area contributed by atoms with E-state index in [0.29, 0.717) is 17.3 Å². The number of carbonyl (C=O) groups excluding carboxylic acids is 1. The number of aromatic nitrogens is 4. The van der Waals surface area contributed by atoms with Gasteiger partial charge in [-0.2, -0.15) is 5.26 Å². The van der Waals surface area contributed by atoms with Crippen molar-refractivity contribution < 1.29 is 13.9 Å². The van der Waals surface area contributed by atoms with Gasteiger partial charge in [0, 0.05) is 11.4 Å². The van der Waals surface area contributed by atoms with Gasteiger partial charge in [-0.1, -0.05) is 11.8 Å². The molecule has 0 radical (unpaired) electrons. The topological polar surface area (TPSA) is 119 Å². The highest BCUT2D eigenvalue weighted by Gasteiger charge is 2.22. The molecule has 0 bridgehead atoms. The highest BCUT2D eigenvalue weighted by atomic mass is 32.2. The lowest BCUT2D eigenvalue weighted by atomic mass is 10.2. The number of hydrogen-bond acceptors (Lipinski definition) is 9. The Bertz CT molecular complexity index is 1400. The first-order valence-electron chi connectivity index (χ1n) is 10.3. The maximum Gasteiger partial charge on any atom is 0.277 e. The summed E-state index contributed by atoms with van der Waals surface area (Å²) in [6.45, 7) is 7.57.